The highest BCUT2D eigenvalue weighted by atomic mass is 16.5. The number of H-pyrrole nitrogens is 1. The van der Waals surface area contributed by atoms with Gasteiger partial charge in [0.05, 0.1) is 32.3 Å². The molecule has 0 unspecified atom stereocenters. The highest BCUT2D eigenvalue weighted by Crippen LogP contribution is 2.37. The van der Waals surface area contributed by atoms with Crippen LogP contribution in [0.5, 0.6) is 17.2 Å². The molecule has 204 valence electrons. The van der Waals surface area contributed by atoms with Crippen LogP contribution in [0.1, 0.15) is 35.5 Å². The van der Waals surface area contributed by atoms with Crippen molar-refractivity contribution in [2.24, 2.45) is 5.73 Å². The zero-order chi connectivity index (χ0) is 28.8. The second kappa shape index (κ2) is 11.8. The fraction of sp³-hybridized carbons (Fsp3) is 0.192. The molecule has 40 heavy (non-hydrogen) atoms. The second-order valence-corrected chi connectivity index (χ2v) is 8.32. The maximum absolute atomic E-state index is 12.9. The Labute approximate surface area is 227 Å². The number of carbonyl (C=O) groups excluding carboxylic acids is 1. The summed E-state index contributed by atoms with van der Waals surface area (Å²) < 4.78 is 17.3. The summed E-state index contributed by atoms with van der Waals surface area (Å²) in [6, 6.07) is 11.0. The average Bonchev–Trinajstić information content (AvgIpc) is 3.32. The first-order valence-electron chi connectivity index (χ1n) is 11.8. The fourth-order valence-electron chi connectivity index (χ4n) is 4.01. The van der Waals surface area contributed by atoms with Gasteiger partial charge in [-0.15, -0.1) is 9.78 Å². The molecule has 4 aromatic rings. The molecule has 0 aliphatic rings. The molecule has 14 heteroatoms. The van der Waals surface area contributed by atoms with Gasteiger partial charge in [0, 0.05) is 36.6 Å². The number of hydrogen-bond acceptors (Lipinski definition) is 11. The summed E-state index contributed by atoms with van der Waals surface area (Å²) in [7, 11) is 2.94. The maximum atomic E-state index is 12.9. The lowest BCUT2D eigenvalue weighted by atomic mass is 9.99. The molecule has 0 saturated heterocycles. The molecule has 0 bridgehead atoms. The van der Waals surface area contributed by atoms with Gasteiger partial charge in [-0.2, -0.15) is 5.26 Å². The number of benzene rings is 2. The van der Waals surface area contributed by atoms with Crippen LogP contribution in [0.3, 0.4) is 0 Å². The third-order valence-electron chi connectivity index (χ3n) is 5.67. The molecule has 0 amide bonds. The second-order valence-electron chi connectivity index (χ2n) is 8.32. The number of nitrogens with zero attached hydrogens (tertiary/aromatic N) is 5. The number of hydrogen-bond donors (Lipinski definition) is 4. The van der Waals surface area contributed by atoms with Crippen LogP contribution in [0.25, 0.3) is 5.95 Å². The van der Waals surface area contributed by atoms with Crippen LogP contribution in [-0.4, -0.2) is 50.8 Å². The lowest BCUT2D eigenvalue weighted by molar-refractivity contribution is -0.131. The minimum absolute atomic E-state index is 0.0207. The summed E-state index contributed by atoms with van der Waals surface area (Å²) in [4.78, 5) is 35.5. The molecule has 1 atom stereocenters. The van der Waals surface area contributed by atoms with E-state index < -0.39 is 17.7 Å². The van der Waals surface area contributed by atoms with E-state index in [0.717, 1.165) is 4.68 Å². The number of amidine groups is 1. The summed E-state index contributed by atoms with van der Waals surface area (Å²) in [5.41, 5.74) is 6.84. The monoisotopic (exact) mass is 543 g/mol. The van der Waals surface area contributed by atoms with Crippen molar-refractivity contribution in [1.29, 1.82) is 10.7 Å². The van der Waals surface area contributed by atoms with Crippen molar-refractivity contribution in [1.82, 2.24) is 24.7 Å². The number of carbonyl (C=O) groups is 1. The van der Waals surface area contributed by atoms with Crippen LogP contribution >= 0.6 is 0 Å². The van der Waals surface area contributed by atoms with Gasteiger partial charge in [-0.05, 0) is 35.9 Å². The summed E-state index contributed by atoms with van der Waals surface area (Å²) in [6.45, 7) is 1.23. The summed E-state index contributed by atoms with van der Waals surface area (Å²) >= 11 is 0. The zero-order valence-corrected chi connectivity index (χ0v) is 21.8. The number of nitrogens with two attached hydrogens (primary N) is 1. The number of rotatable bonds is 10. The van der Waals surface area contributed by atoms with Gasteiger partial charge in [-0.1, -0.05) is 0 Å². The van der Waals surface area contributed by atoms with E-state index in [-0.39, 0.29) is 35.3 Å². The number of methoxy groups -OCH3 is 2. The quantitative estimate of drug-likeness (QED) is 0.0982. The van der Waals surface area contributed by atoms with Gasteiger partial charge < -0.3 is 25.3 Å². The van der Waals surface area contributed by atoms with Gasteiger partial charge >= 0.3 is 11.7 Å². The van der Waals surface area contributed by atoms with E-state index in [1.54, 1.807) is 24.3 Å². The van der Waals surface area contributed by atoms with E-state index in [1.165, 1.54) is 45.7 Å². The van der Waals surface area contributed by atoms with Gasteiger partial charge in [-0.25, -0.2) is 14.8 Å². The van der Waals surface area contributed by atoms with Crippen LogP contribution in [0.15, 0.2) is 53.6 Å². The van der Waals surface area contributed by atoms with E-state index in [0.29, 0.717) is 28.3 Å². The Hall–Kier alpha value is -5.71. The molecule has 0 aliphatic carbocycles. The first-order valence-corrected chi connectivity index (χ1v) is 11.8. The number of esters is 1. The third-order valence-corrected chi connectivity index (χ3v) is 5.67. The average molecular weight is 544 g/mol. The normalized spacial score (nSPS) is 11.2. The zero-order valence-electron chi connectivity index (χ0n) is 21.8. The van der Waals surface area contributed by atoms with Gasteiger partial charge in [0.1, 0.15) is 17.6 Å². The number of aromatic amines is 1. The molecule has 5 N–H and O–H groups in total. The van der Waals surface area contributed by atoms with Crippen molar-refractivity contribution in [3.63, 3.8) is 0 Å². The minimum Gasteiger partial charge on any atom is -0.493 e. The smallest absolute Gasteiger partial charge is 0.350 e. The first kappa shape index (κ1) is 27.3. The summed E-state index contributed by atoms with van der Waals surface area (Å²) in [5.74, 6) is 0.183. The van der Waals surface area contributed by atoms with Crippen LogP contribution in [-0.2, 0) is 11.2 Å². The minimum atomic E-state index is -0.830. The third kappa shape index (κ3) is 5.73. The molecule has 4 rings (SSSR count). The lowest BCUT2D eigenvalue weighted by Gasteiger charge is -2.22. The predicted octanol–water partition coefficient (Wildman–Crippen LogP) is 1.84. The molecule has 0 radical (unpaired) electrons. The molecular weight excluding hydrogens is 518 g/mol. The lowest BCUT2D eigenvalue weighted by Crippen LogP contribution is -2.18. The molecule has 0 fully saturated rings. The van der Waals surface area contributed by atoms with Crippen LogP contribution in [0.2, 0.25) is 0 Å². The first-order chi connectivity index (χ1) is 19.2. The van der Waals surface area contributed by atoms with Crippen molar-refractivity contribution in [2.45, 2.75) is 19.4 Å². The number of anilines is 1. The molecule has 14 nitrogen and oxygen atoms in total. The van der Waals surface area contributed by atoms with Gasteiger partial charge in [0.2, 0.25) is 0 Å². The Bertz CT molecular complexity index is 1660. The number of nitrogen functional groups attached to an aromatic ring is 1. The Balaban J connectivity index is 1.89. The standard InChI is InChI=1S/C26H25N9O5/c1-14(36)40-19-13-17(5-6-18(19)23(28)29)32-21(16-11-15(7-8-27)22(39-3)20(12-16)38-2)24-33-26(37)35(34-24)25-30-9-4-10-31-25/h4-6,9-13,21,32H,7H2,1-3H3,(H3,28,29)(H,33,34,37)/t21-/m0/s1. The number of nitrogens with one attached hydrogen (secondary N) is 3. The van der Waals surface area contributed by atoms with Crippen molar-refractivity contribution in [2.75, 3.05) is 19.5 Å². The summed E-state index contributed by atoms with van der Waals surface area (Å²) in [6.07, 6.45) is 2.98. The van der Waals surface area contributed by atoms with Crippen LogP contribution < -0.4 is 31.0 Å². The Morgan fingerprint density at radius 3 is 2.58 bits per heavy atom. The predicted molar refractivity (Wildman–Crippen MR) is 143 cm³/mol. The van der Waals surface area contributed by atoms with Crippen LogP contribution in [0.4, 0.5) is 5.69 Å². The van der Waals surface area contributed by atoms with Crippen LogP contribution in [0, 0.1) is 16.7 Å². The molecule has 2 heterocycles. The van der Waals surface area contributed by atoms with E-state index in [4.69, 9.17) is 25.4 Å². The Kier molecular flexibility index (Phi) is 8.05. The highest BCUT2D eigenvalue weighted by molar-refractivity contribution is 5.98. The summed E-state index contributed by atoms with van der Waals surface area (Å²) in [5, 5.41) is 24.9. The van der Waals surface area contributed by atoms with Crippen molar-refractivity contribution in [3.05, 3.63) is 81.8 Å². The van der Waals surface area contributed by atoms with Gasteiger partial charge in [0.25, 0.3) is 5.95 Å². The fourth-order valence-corrected chi connectivity index (χ4v) is 4.01. The molecule has 2 aromatic carbocycles. The Morgan fingerprint density at radius 2 is 1.95 bits per heavy atom. The van der Waals surface area contributed by atoms with E-state index in [9.17, 15) is 14.9 Å². The van der Waals surface area contributed by atoms with Crippen molar-refractivity contribution in [3.8, 4) is 29.3 Å². The van der Waals surface area contributed by atoms with E-state index in [2.05, 4.69) is 31.4 Å². The Morgan fingerprint density at radius 1 is 1.20 bits per heavy atom. The topological polar surface area (TPSA) is 207 Å². The molecule has 2 aromatic heterocycles. The van der Waals surface area contributed by atoms with E-state index >= 15 is 0 Å². The maximum Gasteiger partial charge on any atom is 0.350 e. The highest BCUT2D eigenvalue weighted by Gasteiger charge is 2.25. The molecule has 0 spiro atoms. The van der Waals surface area contributed by atoms with Gasteiger partial charge in [0.15, 0.2) is 17.3 Å². The van der Waals surface area contributed by atoms with Gasteiger partial charge in [-0.3, -0.25) is 15.2 Å². The largest absolute Gasteiger partial charge is 0.493 e. The van der Waals surface area contributed by atoms with E-state index in [1.807, 2.05) is 0 Å². The van der Waals surface area contributed by atoms with Crippen molar-refractivity contribution >= 4 is 17.5 Å². The number of ether oxygens (including phenoxy) is 3. The number of aromatic nitrogens is 5. The number of nitriles is 1. The van der Waals surface area contributed by atoms with Crippen molar-refractivity contribution < 1.29 is 19.0 Å². The SMILES string of the molecule is COc1cc([C@H](Nc2ccc(C(=N)N)c(OC(C)=O)c2)c2nn(-c3ncccn3)c(=O)[nH]2)cc(CC#N)c1OC. The molecular formula is C26H25N9O5. The molecule has 0 aliphatic heterocycles. The molecule has 0 saturated carbocycles.